The predicted molar refractivity (Wildman–Crippen MR) is 72.5 cm³/mol. The third-order valence-electron chi connectivity index (χ3n) is 3.72. The molecule has 3 rings (SSSR count). The third-order valence-corrected chi connectivity index (χ3v) is 4.05. The molecule has 1 fully saturated rings. The summed E-state index contributed by atoms with van der Waals surface area (Å²) < 4.78 is 5.43. The Bertz CT molecular complexity index is 604. The minimum atomic E-state index is 0.266. The Labute approximate surface area is 111 Å². The SMILES string of the molecule is CC1(C)CC1c1onc(N)c1-c1ccccc1Cl. The molecule has 94 valence electrons. The molecule has 1 aliphatic rings. The van der Waals surface area contributed by atoms with E-state index in [1.165, 1.54) is 0 Å². The van der Waals surface area contributed by atoms with Crippen LogP contribution in [0.4, 0.5) is 5.82 Å². The molecule has 4 heteroatoms. The lowest BCUT2D eigenvalue weighted by Crippen LogP contribution is -1.93. The first kappa shape index (κ1) is 11.6. The summed E-state index contributed by atoms with van der Waals surface area (Å²) in [5.41, 5.74) is 7.96. The lowest BCUT2D eigenvalue weighted by molar-refractivity contribution is 0.376. The molecular formula is C14H15ClN2O. The molecule has 0 spiro atoms. The molecule has 0 bridgehead atoms. The molecule has 1 atom stereocenters. The highest BCUT2D eigenvalue weighted by atomic mass is 35.5. The van der Waals surface area contributed by atoms with E-state index in [4.69, 9.17) is 21.9 Å². The average Bonchev–Trinajstić information content (AvgIpc) is 2.78. The zero-order valence-corrected chi connectivity index (χ0v) is 11.2. The second-order valence-corrected chi connectivity index (χ2v) is 5.94. The van der Waals surface area contributed by atoms with Gasteiger partial charge in [-0.15, -0.1) is 0 Å². The van der Waals surface area contributed by atoms with Gasteiger partial charge in [0, 0.05) is 16.5 Å². The minimum absolute atomic E-state index is 0.266. The van der Waals surface area contributed by atoms with E-state index < -0.39 is 0 Å². The molecule has 1 saturated carbocycles. The van der Waals surface area contributed by atoms with Crippen LogP contribution in [0.15, 0.2) is 28.8 Å². The van der Waals surface area contributed by atoms with Crippen molar-refractivity contribution in [1.82, 2.24) is 5.16 Å². The van der Waals surface area contributed by atoms with Crippen molar-refractivity contribution in [2.45, 2.75) is 26.2 Å². The highest BCUT2D eigenvalue weighted by Gasteiger charge is 2.50. The summed E-state index contributed by atoms with van der Waals surface area (Å²) in [4.78, 5) is 0. The molecule has 2 N–H and O–H groups in total. The van der Waals surface area contributed by atoms with Crippen molar-refractivity contribution in [2.24, 2.45) is 5.41 Å². The van der Waals surface area contributed by atoms with Gasteiger partial charge in [-0.05, 0) is 17.9 Å². The van der Waals surface area contributed by atoms with Crippen molar-refractivity contribution in [2.75, 3.05) is 5.73 Å². The molecule has 18 heavy (non-hydrogen) atoms. The van der Waals surface area contributed by atoms with Crippen LogP contribution in [0.25, 0.3) is 11.1 Å². The molecule has 3 nitrogen and oxygen atoms in total. The summed E-state index contributed by atoms with van der Waals surface area (Å²) in [5, 5.41) is 4.58. The maximum atomic E-state index is 6.23. The van der Waals surface area contributed by atoms with Gasteiger partial charge in [-0.2, -0.15) is 0 Å². The van der Waals surface area contributed by atoms with Crippen molar-refractivity contribution < 1.29 is 4.52 Å². The first-order valence-corrected chi connectivity index (χ1v) is 6.38. The monoisotopic (exact) mass is 262 g/mol. The number of aromatic nitrogens is 1. The molecule has 1 unspecified atom stereocenters. The maximum Gasteiger partial charge on any atom is 0.175 e. The zero-order chi connectivity index (χ0) is 12.9. The number of benzene rings is 1. The van der Waals surface area contributed by atoms with Gasteiger partial charge in [0.25, 0.3) is 0 Å². The Hall–Kier alpha value is -1.48. The van der Waals surface area contributed by atoms with Crippen LogP contribution in [-0.2, 0) is 0 Å². The van der Waals surface area contributed by atoms with E-state index in [2.05, 4.69) is 19.0 Å². The van der Waals surface area contributed by atoms with Gasteiger partial charge in [-0.3, -0.25) is 0 Å². The molecule has 0 radical (unpaired) electrons. The van der Waals surface area contributed by atoms with E-state index >= 15 is 0 Å². The van der Waals surface area contributed by atoms with E-state index in [0.29, 0.717) is 16.8 Å². The maximum absolute atomic E-state index is 6.23. The first-order valence-electron chi connectivity index (χ1n) is 6.00. The van der Waals surface area contributed by atoms with Gasteiger partial charge < -0.3 is 10.3 Å². The minimum Gasteiger partial charge on any atom is -0.380 e. The Balaban J connectivity index is 2.13. The fourth-order valence-corrected chi connectivity index (χ4v) is 2.63. The molecular weight excluding hydrogens is 248 g/mol. The van der Waals surface area contributed by atoms with Gasteiger partial charge in [0.2, 0.25) is 0 Å². The van der Waals surface area contributed by atoms with Crippen molar-refractivity contribution >= 4 is 17.4 Å². The Morgan fingerprint density at radius 2 is 2.06 bits per heavy atom. The van der Waals surface area contributed by atoms with E-state index in [1.54, 1.807) is 0 Å². The highest BCUT2D eigenvalue weighted by molar-refractivity contribution is 6.33. The van der Waals surface area contributed by atoms with Crippen molar-refractivity contribution in [3.63, 3.8) is 0 Å². The molecule has 1 aromatic heterocycles. The molecule has 1 heterocycles. The number of nitrogens with two attached hydrogens (primary N) is 1. The Morgan fingerprint density at radius 3 is 2.67 bits per heavy atom. The van der Waals surface area contributed by atoms with Crippen LogP contribution < -0.4 is 5.73 Å². The fourth-order valence-electron chi connectivity index (χ4n) is 2.40. The molecule has 2 aromatic rings. The van der Waals surface area contributed by atoms with Crippen LogP contribution in [-0.4, -0.2) is 5.16 Å². The number of hydrogen-bond donors (Lipinski definition) is 1. The van der Waals surface area contributed by atoms with E-state index in [9.17, 15) is 0 Å². The summed E-state index contributed by atoms with van der Waals surface area (Å²) in [5.74, 6) is 1.67. The third kappa shape index (κ3) is 1.70. The largest absolute Gasteiger partial charge is 0.380 e. The number of rotatable bonds is 2. The number of anilines is 1. The Kier molecular flexibility index (Phi) is 2.42. The summed E-state index contributed by atoms with van der Waals surface area (Å²) in [6.45, 7) is 4.43. The molecule has 0 saturated heterocycles. The fraction of sp³-hybridized carbons (Fsp3) is 0.357. The number of nitrogen functional groups attached to an aromatic ring is 1. The summed E-state index contributed by atoms with van der Waals surface area (Å²) >= 11 is 6.23. The van der Waals surface area contributed by atoms with Gasteiger partial charge in [-0.1, -0.05) is 48.8 Å². The summed E-state index contributed by atoms with van der Waals surface area (Å²) in [6.07, 6.45) is 1.10. The average molecular weight is 263 g/mol. The highest BCUT2D eigenvalue weighted by Crippen LogP contribution is 2.61. The molecule has 1 aliphatic carbocycles. The van der Waals surface area contributed by atoms with E-state index in [1.807, 2.05) is 24.3 Å². The van der Waals surface area contributed by atoms with Gasteiger partial charge in [-0.25, -0.2) is 0 Å². The second kappa shape index (κ2) is 3.75. The van der Waals surface area contributed by atoms with Crippen LogP contribution in [0.1, 0.15) is 31.9 Å². The first-order chi connectivity index (χ1) is 8.50. The van der Waals surface area contributed by atoms with E-state index in [-0.39, 0.29) is 5.41 Å². The smallest absolute Gasteiger partial charge is 0.175 e. The second-order valence-electron chi connectivity index (χ2n) is 5.53. The van der Waals surface area contributed by atoms with Crippen LogP contribution in [0.3, 0.4) is 0 Å². The number of nitrogens with zero attached hydrogens (tertiary/aromatic N) is 1. The lowest BCUT2D eigenvalue weighted by atomic mass is 10.0. The molecule has 1 aromatic carbocycles. The van der Waals surface area contributed by atoms with Gasteiger partial charge in [0.15, 0.2) is 5.82 Å². The van der Waals surface area contributed by atoms with Gasteiger partial charge in [0.05, 0.1) is 5.56 Å². The zero-order valence-electron chi connectivity index (χ0n) is 10.4. The number of halogens is 1. The van der Waals surface area contributed by atoms with Crippen LogP contribution in [0, 0.1) is 5.41 Å². The quantitative estimate of drug-likeness (QED) is 0.887. The standard InChI is InChI=1S/C14H15ClN2O/c1-14(2)7-9(14)12-11(13(16)17-18-12)8-5-3-4-6-10(8)15/h3-6,9H,7H2,1-2H3,(H2,16,17). The predicted octanol–water partition coefficient (Wildman–Crippen LogP) is 4.09. The van der Waals surface area contributed by atoms with Crippen LogP contribution in [0.2, 0.25) is 5.02 Å². The van der Waals surface area contributed by atoms with Gasteiger partial charge in [0.1, 0.15) is 5.76 Å². The van der Waals surface area contributed by atoms with Crippen LogP contribution >= 0.6 is 11.6 Å². The van der Waals surface area contributed by atoms with Crippen molar-refractivity contribution in [3.05, 3.63) is 35.0 Å². The van der Waals surface area contributed by atoms with Crippen LogP contribution in [0.5, 0.6) is 0 Å². The molecule has 0 amide bonds. The molecule has 0 aliphatic heterocycles. The summed E-state index contributed by atoms with van der Waals surface area (Å²) in [6, 6.07) is 7.64. The van der Waals surface area contributed by atoms with Crippen molar-refractivity contribution in [1.29, 1.82) is 0 Å². The van der Waals surface area contributed by atoms with Gasteiger partial charge >= 0.3 is 0 Å². The summed E-state index contributed by atoms with van der Waals surface area (Å²) in [7, 11) is 0. The number of hydrogen-bond acceptors (Lipinski definition) is 3. The van der Waals surface area contributed by atoms with Crippen molar-refractivity contribution in [3.8, 4) is 11.1 Å². The topological polar surface area (TPSA) is 52.0 Å². The lowest BCUT2D eigenvalue weighted by Gasteiger charge is -2.05. The normalized spacial score (nSPS) is 20.9. The van der Waals surface area contributed by atoms with E-state index in [0.717, 1.165) is 23.3 Å². The Morgan fingerprint density at radius 1 is 1.39 bits per heavy atom.